The van der Waals surface area contributed by atoms with Gasteiger partial charge in [-0.15, -0.1) is 0 Å². The lowest BCUT2D eigenvalue weighted by molar-refractivity contribution is -0.133. The van der Waals surface area contributed by atoms with E-state index in [0.717, 1.165) is 38.5 Å². The van der Waals surface area contributed by atoms with Gasteiger partial charge in [-0.1, -0.05) is 44.1 Å². The molecule has 0 fully saturated rings. The van der Waals surface area contributed by atoms with Crippen molar-refractivity contribution in [2.24, 2.45) is 11.8 Å². The molecule has 2 heterocycles. The predicted octanol–water partition coefficient (Wildman–Crippen LogP) is 6.82. The first-order valence-corrected chi connectivity index (χ1v) is 10.6. The number of esters is 1. The van der Waals surface area contributed by atoms with E-state index in [9.17, 15) is 9.90 Å². The third-order valence-corrected chi connectivity index (χ3v) is 5.29. The molecule has 2 unspecified atom stereocenters. The van der Waals surface area contributed by atoms with E-state index in [1.807, 2.05) is 18.4 Å². The molecule has 0 amide bonds. The molecular weight excluding hydrogens is 364 g/mol. The Morgan fingerprint density at radius 1 is 1.21 bits per heavy atom. The van der Waals surface area contributed by atoms with Crippen molar-refractivity contribution in [2.75, 3.05) is 0 Å². The van der Waals surface area contributed by atoms with Gasteiger partial charge in [0.15, 0.2) is 11.5 Å². The number of aliphatic hydroxyl groups is 1. The van der Waals surface area contributed by atoms with Crippen molar-refractivity contribution in [3.63, 3.8) is 0 Å². The molecule has 1 N–H and O–H groups in total. The summed E-state index contributed by atoms with van der Waals surface area (Å²) in [5.74, 6) is 0.597. The van der Waals surface area contributed by atoms with Crippen LogP contribution in [0.5, 0.6) is 0 Å². The van der Waals surface area contributed by atoms with Crippen molar-refractivity contribution in [1.82, 2.24) is 0 Å². The summed E-state index contributed by atoms with van der Waals surface area (Å²) in [7, 11) is 0. The summed E-state index contributed by atoms with van der Waals surface area (Å²) in [5.41, 5.74) is 2.94. The quantitative estimate of drug-likeness (QED) is 0.328. The number of aryl methyl sites for hydroxylation is 1. The molecule has 0 spiro atoms. The Balaban J connectivity index is 1.64. The number of cyclic esters (lactones) is 1. The molecule has 0 aromatic carbocycles. The third kappa shape index (κ3) is 7.80. The van der Waals surface area contributed by atoms with E-state index in [-0.39, 0.29) is 17.3 Å². The van der Waals surface area contributed by atoms with Crippen LogP contribution < -0.4 is 0 Å². The van der Waals surface area contributed by atoms with Crippen LogP contribution in [0.1, 0.15) is 65.4 Å². The van der Waals surface area contributed by atoms with Crippen LogP contribution in [-0.4, -0.2) is 11.1 Å². The third-order valence-electron chi connectivity index (χ3n) is 5.29. The largest absolute Gasteiger partial charge is 0.504 e. The Hall–Kier alpha value is -2.49. The zero-order valence-corrected chi connectivity index (χ0v) is 18.1. The van der Waals surface area contributed by atoms with Crippen LogP contribution in [0, 0.1) is 11.8 Å². The molecular formula is C25H34O4. The minimum atomic E-state index is -0.454. The molecule has 2 rings (SSSR count). The summed E-state index contributed by atoms with van der Waals surface area (Å²) >= 11 is 0. The maximum absolute atomic E-state index is 11.4. The molecule has 4 heteroatoms. The van der Waals surface area contributed by atoms with Gasteiger partial charge in [0.1, 0.15) is 0 Å². The van der Waals surface area contributed by atoms with Crippen LogP contribution in [0.2, 0.25) is 0 Å². The van der Waals surface area contributed by atoms with E-state index in [2.05, 4.69) is 39.0 Å². The van der Waals surface area contributed by atoms with Gasteiger partial charge in [-0.25, -0.2) is 4.79 Å². The predicted molar refractivity (Wildman–Crippen MR) is 116 cm³/mol. The molecule has 0 bridgehead atoms. The molecule has 2 atom stereocenters. The number of furan rings is 1. The highest BCUT2D eigenvalue weighted by molar-refractivity contribution is 5.93. The van der Waals surface area contributed by atoms with Crippen LogP contribution >= 0.6 is 0 Å². The standard InChI is InChI=1S/C25H34O4/c1-18(8-5-9-19(2)11-7-13-22-14-15-28-17-22)10-6-12-20(3)16-23-24(26)21(4)25(27)29-23/h5,8-9,14-18,20,26H,6-7,10-13H2,1-4H3. The summed E-state index contributed by atoms with van der Waals surface area (Å²) in [6.45, 7) is 8.07. The van der Waals surface area contributed by atoms with Crippen molar-refractivity contribution in [2.45, 2.75) is 66.2 Å². The average Bonchev–Trinajstić information content (AvgIpc) is 3.27. The van der Waals surface area contributed by atoms with Crippen LogP contribution in [0.25, 0.3) is 0 Å². The van der Waals surface area contributed by atoms with Crippen LogP contribution in [0.15, 0.2) is 70.0 Å². The minimum absolute atomic E-state index is 0.0231. The van der Waals surface area contributed by atoms with Gasteiger partial charge >= 0.3 is 5.97 Å². The van der Waals surface area contributed by atoms with Gasteiger partial charge in [0.25, 0.3) is 0 Å². The van der Waals surface area contributed by atoms with Gasteiger partial charge in [-0.05, 0) is 75.5 Å². The number of hydrogen-bond donors (Lipinski definition) is 1. The number of rotatable bonds is 11. The first kappa shape index (κ1) is 22.8. The second kappa shape index (κ2) is 11.5. The van der Waals surface area contributed by atoms with Crippen molar-refractivity contribution < 1.29 is 19.1 Å². The molecule has 0 saturated carbocycles. The second-order valence-corrected chi connectivity index (χ2v) is 8.16. The lowest BCUT2D eigenvalue weighted by Crippen LogP contribution is -1.98. The zero-order valence-electron chi connectivity index (χ0n) is 18.1. The number of carbonyl (C=O) groups is 1. The summed E-state index contributed by atoms with van der Waals surface area (Å²) in [5, 5.41) is 9.88. The van der Waals surface area contributed by atoms with E-state index < -0.39 is 5.97 Å². The van der Waals surface area contributed by atoms with E-state index in [0.29, 0.717) is 11.7 Å². The van der Waals surface area contributed by atoms with Crippen molar-refractivity contribution in [3.05, 3.63) is 71.1 Å². The number of aliphatic hydroxyl groups excluding tert-OH is 1. The van der Waals surface area contributed by atoms with Crippen LogP contribution in [0.4, 0.5) is 0 Å². The van der Waals surface area contributed by atoms with Gasteiger partial charge in [0.2, 0.25) is 0 Å². The highest BCUT2D eigenvalue weighted by Gasteiger charge is 2.26. The fourth-order valence-electron chi connectivity index (χ4n) is 3.32. The molecule has 1 aromatic rings. The molecule has 1 aromatic heterocycles. The summed E-state index contributed by atoms with van der Waals surface area (Å²) < 4.78 is 10.2. The molecule has 0 radical (unpaired) electrons. The van der Waals surface area contributed by atoms with Gasteiger partial charge in [-0.2, -0.15) is 0 Å². The van der Waals surface area contributed by atoms with Gasteiger partial charge < -0.3 is 14.3 Å². The molecule has 1 aliphatic heterocycles. The monoisotopic (exact) mass is 398 g/mol. The van der Waals surface area contributed by atoms with Gasteiger partial charge in [0.05, 0.1) is 18.1 Å². The lowest BCUT2D eigenvalue weighted by Gasteiger charge is -2.10. The molecule has 0 saturated heterocycles. The van der Waals surface area contributed by atoms with Crippen molar-refractivity contribution in [1.29, 1.82) is 0 Å². The maximum atomic E-state index is 11.4. The van der Waals surface area contributed by atoms with Crippen molar-refractivity contribution in [3.8, 4) is 0 Å². The summed E-state index contributed by atoms with van der Waals surface area (Å²) in [6.07, 6.45) is 18.5. The number of carbonyl (C=O) groups excluding carboxylic acids is 1. The maximum Gasteiger partial charge on any atom is 0.343 e. The fourth-order valence-corrected chi connectivity index (χ4v) is 3.32. The Kier molecular flexibility index (Phi) is 9.04. The summed E-state index contributed by atoms with van der Waals surface area (Å²) in [6, 6.07) is 2.03. The lowest BCUT2D eigenvalue weighted by atomic mass is 9.97. The molecule has 1 aliphatic rings. The van der Waals surface area contributed by atoms with E-state index in [4.69, 9.17) is 9.15 Å². The minimum Gasteiger partial charge on any atom is -0.504 e. The van der Waals surface area contributed by atoms with Gasteiger partial charge in [-0.3, -0.25) is 0 Å². The van der Waals surface area contributed by atoms with Crippen molar-refractivity contribution >= 4 is 5.97 Å². The zero-order chi connectivity index (χ0) is 21.2. The van der Waals surface area contributed by atoms with E-state index >= 15 is 0 Å². The Morgan fingerprint density at radius 3 is 2.62 bits per heavy atom. The van der Waals surface area contributed by atoms with E-state index in [1.54, 1.807) is 13.2 Å². The van der Waals surface area contributed by atoms with Gasteiger partial charge in [0, 0.05) is 0 Å². The first-order chi connectivity index (χ1) is 13.9. The topological polar surface area (TPSA) is 59.7 Å². The number of ether oxygens (including phenoxy) is 1. The molecule has 0 aliphatic carbocycles. The molecule has 29 heavy (non-hydrogen) atoms. The Labute approximate surface area is 174 Å². The average molecular weight is 399 g/mol. The van der Waals surface area contributed by atoms with Crippen LogP contribution in [-0.2, 0) is 16.0 Å². The first-order valence-electron chi connectivity index (χ1n) is 10.6. The summed E-state index contributed by atoms with van der Waals surface area (Å²) in [4.78, 5) is 11.4. The smallest absolute Gasteiger partial charge is 0.343 e. The second-order valence-electron chi connectivity index (χ2n) is 8.16. The fraction of sp³-hybridized carbons (Fsp3) is 0.480. The number of hydrogen-bond acceptors (Lipinski definition) is 4. The Morgan fingerprint density at radius 2 is 1.97 bits per heavy atom. The molecule has 4 nitrogen and oxygen atoms in total. The van der Waals surface area contributed by atoms with Crippen LogP contribution in [0.3, 0.4) is 0 Å². The Bertz CT molecular complexity index is 778. The van der Waals surface area contributed by atoms with E-state index in [1.165, 1.54) is 11.1 Å². The number of allylic oxidation sites excluding steroid dienone is 5. The molecule has 158 valence electrons. The SMILES string of the molecule is CC(=CC=CC(C)CCCC(C)C=C1OC(=O)C(C)=C1O)CCCc1ccoc1. The normalized spacial score (nSPS) is 18.7. The highest BCUT2D eigenvalue weighted by atomic mass is 16.6. The highest BCUT2D eigenvalue weighted by Crippen LogP contribution is 2.26.